The van der Waals surface area contributed by atoms with Gasteiger partial charge in [-0.05, 0) is 19.1 Å². The molecule has 0 saturated carbocycles. The molecule has 0 spiro atoms. The number of ketones is 1. The second kappa shape index (κ2) is 5.67. The Balaban J connectivity index is 2.42. The molecule has 0 atom stereocenters. The number of nitro benzene ring substituents is 1. The first-order chi connectivity index (χ1) is 9.95. The van der Waals surface area contributed by atoms with Gasteiger partial charge >= 0.3 is 4.87 Å². The summed E-state index contributed by atoms with van der Waals surface area (Å²) >= 11 is 0.868. The molecule has 21 heavy (non-hydrogen) atoms. The Morgan fingerprint density at radius 3 is 2.43 bits per heavy atom. The number of oxime groups is 1. The third kappa shape index (κ3) is 2.72. The van der Waals surface area contributed by atoms with E-state index in [4.69, 9.17) is 5.21 Å². The molecule has 1 aromatic heterocycles. The van der Waals surface area contributed by atoms with Crippen molar-refractivity contribution < 1.29 is 14.9 Å². The van der Waals surface area contributed by atoms with Gasteiger partial charge in [0.2, 0.25) is 11.6 Å². The summed E-state index contributed by atoms with van der Waals surface area (Å²) in [5, 5.41) is 24.0. The number of carbonyl (C=O) groups excluding carboxylic acids is 1. The van der Waals surface area contributed by atoms with E-state index in [0.717, 1.165) is 28.0 Å². The Labute approximate surface area is 121 Å². The van der Waals surface area contributed by atoms with Gasteiger partial charge in [0.25, 0.3) is 5.69 Å². The number of Topliss-reactive ketones (excluding diaryl/α,β-unsaturated/α-hetero) is 1. The summed E-state index contributed by atoms with van der Waals surface area (Å²) in [5.41, 5.74) is 0.358. The van der Waals surface area contributed by atoms with Crippen molar-refractivity contribution in [3.63, 3.8) is 0 Å². The zero-order chi connectivity index (χ0) is 15.6. The van der Waals surface area contributed by atoms with Crippen molar-refractivity contribution in [1.29, 1.82) is 0 Å². The Morgan fingerprint density at radius 1 is 1.38 bits per heavy atom. The molecule has 0 fully saturated rings. The number of non-ortho nitro benzene ring substituents is 1. The molecular formula is C12H9N3O5S. The van der Waals surface area contributed by atoms with Crippen LogP contribution < -0.4 is 4.87 Å². The summed E-state index contributed by atoms with van der Waals surface area (Å²) in [5.74, 6) is -1.16. The first-order valence-corrected chi connectivity index (χ1v) is 6.52. The van der Waals surface area contributed by atoms with E-state index in [1.807, 2.05) is 0 Å². The molecular weight excluding hydrogens is 298 g/mol. The highest BCUT2D eigenvalue weighted by Crippen LogP contribution is 2.13. The minimum Gasteiger partial charge on any atom is -0.409 e. The van der Waals surface area contributed by atoms with Crippen molar-refractivity contribution in [2.75, 3.05) is 0 Å². The fraction of sp³-hybridized carbons (Fsp3) is 0.0833. The number of aryl methyl sites for hydroxylation is 1. The SMILES string of the molecule is Cc1csc(=O)n1/C(=N\O)C(=O)c1ccc([N+](=O)[O-])cc1. The molecule has 0 aliphatic rings. The monoisotopic (exact) mass is 307 g/mol. The van der Waals surface area contributed by atoms with E-state index < -0.39 is 21.4 Å². The predicted molar refractivity (Wildman–Crippen MR) is 75.4 cm³/mol. The summed E-state index contributed by atoms with van der Waals surface area (Å²) < 4.78 is 0.981. The molecule has 0 amide bonds. The van der Waals surface area contributed by atoms with Crippen LogP contribution in [0.25, 0.3) is 0 Å². The van der Waals surface area contributed by atoms with Crippen molar-refractivity contribution >= 4 is 28.6 Å². The van der Waals surface area contributed by atoms with Gasteiger partial charge in [-0.25, -0.2) is 4.57 Å². The highest BCUT2D eigenvalue weighted by Gasteiger charge is 2.21. The number of hydrogen-bond donors (Lipinski definition) is 1. The number of rotatable bonds is 3. The topological polar surface area (TPSA) is 115 Å². The molecule has 0 aliphatic carbocycles. The zero-order valence-corrected chi connectivity index (χ0v) is 11.5. The van der Waals surface area contributed by atoms with Crippen LogP contribution in [0.2, 0.25) is 0 Å². The third-order valence-electron chi connectivity index (χ3n) is 2.72. The molecule has 0 unspecified atom stereocenters. The molecule has 2 aromatic rings. The minimum atomic E-state index is -0.712. The van der Waals surface area contributed by atoms with Gasteiger partial charge in [0.05, 0.1) is 4.92 Å². The normalized spacial score (nSPS) is 11.4. The average molecular weight is 307 g/mol. The van der Waals surface area contributed by atoms with Crippen LogP contribution in [0.5, 0.6) is 0 Å². The Bertz CT molecular complexity index is 788. The maximum absolute atomic E-state index is 12.2. The van der Waals surface area contributed by atoms with E-state index >= 15 is 0 Å². The van der Waals surface area contributed by atoms with Gasteiger partial charge in [-0.15, -0.1) is 0 Å². The summed E-state index contributed by atoms with van der Waals surface area (Å²) in [6.07, 6.45) is 0. The molecule has 0 bridgehead atoms. The third-order valence-corrected chi connectivity index (χ3v) is 3.56. The van der Waals surface area contributed by atoms with E-state index in [2.05, 4.69) is 5.16 Å². The molecule has 2 rings (SSSR count). The van der Waals surface area contributed by atoms with E-state index in [0.29, 0.717) is 5.69 Å². The van der Waals surface area contributed by atoms with Gasteiger partial charge in [0, 0.05) is 28.8 Å². The lowest BCUT2D eigenvalue weighted by Gasteiger charge is -2.05. The fourth-order valence-electron chi connectivity index (χ4n) is 1.69. The van der Waals surface area contributed by atoms with Crippen LogP contribution >= 0.6 is 11.3 Å². The van der Waals surface area contributed by atoms with Gasteiger partial charge in [0.15, 0.2) is 0 Å². The smallest absolute Gasteiger partial charge is 0.313 e. The average Bonchev–Trinajstić information content (AvgIpc) is 2.80. The molecule has 8 nitrogen and oxygen atoms in total. The van der Waals surface area contributed by atoms with Crippen LogP contribution in [0.15, 0.2) is 39.6 Å². The van der Waals surface area contributed by atoms with Crippen LogP contribution in [0.3, 0.4) is 0 Å². The van der Waals surface area contributed by atoms with Crippen molar-refractivity contribution in [2.24, 2.45) is 5.16 Å². The van der Waals surface area contributed by atoms with Crippen molar-refractivity contribution in [2.45, 2.75) is 6.92 Å². The summed E-state index contributed by atoms with van der Waals surface area (Å²) in [4.78, 5) is 33.4. The molecule has 108 valence electrons. The second-order valence-corrected chi connectivity index (χ2v) is 4.86. The molecule has 9 heteroatoms. The van der Waals surface area contributed by atoms with Crippen LogP contribution in [-0.4, -0.2) is 26.3 Å². The quantitative estimate of drug-likeness (QED) is 0.231. The maximum Gasteiger partial charge on any atom is 0.313 e. The number of carbonyl (C=O) groups is 1. The lowest BCUT2D eigenvalue weighted by atomic mass is 10.1. The Hall–Kier alpha value is -2.81. The second-order valence-electron chi connectivity index (χ2n) is 4.04. The summed E-state index contributed by atoms with van der Waals surface area (Å²) in [6, 6.07) is 4.79. The van der Waals surface area contributed by atoms with E-state index in [9.17, 15) is 19.7 Å². The van der Waals surface area contributed by atoms with Gasteiger partial charge < -0.3 is 5.21 Å². The van der Waals surface area contributed by atoms with Crippen LogP contribution in [0, 0.1) is 17.0 Å². The van der Waals surface area contributed by atoms with E-state index in [1.165, 1.54) is 17.5 Å². The number of nitro groups is 1. The highest BCUT2D eigenvalue weighted by molar-refractivity contribution is 7.07. The predicted octanol–water partition coefficient (Wildman–Crippen LogP) is 1.65. The first kappa shape index (κ1) is 14.6. The van der Waals surface area contributed by atoms with Crippen molar-refractivity contribution in [3.05, 3.63) is 60.7 Å². The van der Waals surface area contributed by atoms with Gasteiger partial charge in [-0.3, -0.25) is 19.7 Å². The molecule has 1 N–H and O–H groups in total. The number of benzene rings is 1. The van der Waals surface area contributed by atoms with Gasteiger partial charge in [-0.2, -0.15) is 0 Å². The van der Waals surface area contributed by atoms with E-state index in [-0.39, 0.29) is 11.3 Å². The lowest BCUT2D eigenvalue weighted by Crippen LogP contribution is -2.31. The van der Waals surface area contributed by atoms with Gasteiger partial charge in [0.1, 0.15) is 0 Å². The lowest BCUT2D eigenvalue weighted by molar-refractivity contribution is -0.384. The fourth-order valence-corrected chi connectivity index (χ4v) is 2.41. The van der Waals surface area contributed by atoms with Crippen molar-refractivity contribution in [3.8, 4) is 0 Å². The number of hydrogen-bond acceptors (Lipinski definition) is 7. The van der Waals surface area contributed by atoms with Crippen LogP contribution in [-0.2, 0) is 0 Å². The summed E-state index contributed by atoms with van der Waals surface area (Å²) in [6.45, 7) is 1.59. The number of thiazole rings is 1. The maximum atomic E-state index is 12.2. The Kier molecular flexibility index (Phi) is 3.94. The molecule has 1 heterocycles. The van der Waals surface area contributed by atoms with Gasteiger partial charge in [-0.1, -0.05) is 16.5 Å². The standard InChI is InChI=1S/C12H9N3O5S/c1-7-6-21-12(17)14(7)11(13-18)10(16)8-2-4-9(5-3-8)15(19)20/h2-6,18H,1H3/b13-11-. The largest absolute Gasteiger partial charge is 0.409 e. The molecule has 0 radical (unpaired) electrons. The first-order valence-electron chi connectivity index (χ1n) is 5.64. The van der Waals surface area contributed by atoms with Crippen LogP contribution in [0.1, 0.15) is 16.1 Å². The van der Waals surface area contributed by atoms with E-state index in [1.54, 1.807) is 6.92 Å². The molecule has 0 saturated heterocycles. The minimum absolute atomic E-state index is 0.0749. The van der Waals surface area contributed by atoms with Crippen molar-refractivity contribution in [1.82, 2.24) is 4.57 Å². The molecule has 1 aromatic carbocycles. The van der Waals surface area contributed by atoms with Crippen LogP contribution in [0.4, 0.5) is 5.69 Å². The summed E-state index contributed by atoms with van der Waals surface area (Å²) in [7, 11) is 0. The zero-order valence-electron chi connectivity index (χ0n) is 10.7. The number of nitrogens with zero attached hydrogens (tertiary/aromatic N) is 3. The molecule has 0 aliphatic heterocycles. The number of aromatic nitrogens is 1. The highest BCUT2D eigenvalue weighted by atomic mass is 32.1. The Morgan fingerprint density at radius 2 is 2.00 bits per heavy atom.